The number of carbonyl (C=O) groups excluding carboxylic acids is 2. The molecule has 0 saturated heterocycles. The van der Waals surface area contributed by atoms with Gasteiger partial charge in [-0.05, 0) is 64.2 Å². The molecule has 1 N–H and O–H groups in total. The van der Waals surface area contributed by atoms with Gasteiger partial charge in [0.1, 0.15) is 6.10 Å². The highest BCUT2D eigenvalue weighted by Crippen LogP contribution is 2.22. The summed E-state index contributed by atoms with van der Waals surface area (Å²) in [5, 5.41) is 9.73. The van der Waals surface area contributed by atoms with Gasteiger partial charge in [-0.25, -0.2) is 0 Å². The smallest absolute Gasteiger partial charge is 0.308 e. The second kappa shape index (κ2) is 43.0. The van der Waals surface area contributed by atoms with E-state index in [1.165, 1.54) is 103 Å². The van der Waals surface area contributed by atoms with E-state index in [-0.39, 0.29) is 36.5 Å². The van der Waals surface area contributed by atoms with Crippen molar-refractivity contribution in [2.24, 2.45) is 11.8 Å². The van der Waals surface area contributed by atoms with Crippen molar-refractivity contribution in [3.63, 3.8) is 0 Å². The van der Waals surface area contributed by atoms with Gasteiger partial charge in [-0.1, -0.05) is 169 Å². The molecule has 0 saturated carbocycles. The van der Waals surface area contributed by atoms with Crippen LogP contribution in [0, 0.1) is 11.8 Å². The molecule has 54 heavy (non-hydrogen) atoms. The summed E-state index contributed by atoms with van der Waals surface area (Å²) in [5.41, 5.74) is 0. The Hall–Kier alpha value is -1.18. The number of aliphatic hydroxyl groups is 1. The molecule has 0 spiro atoms. The van der Waals surface area contributed by atoms with Gasteiger partial charge in [0, 0.05) is 13.2 Å². The van der Waals surface area contributed by atoms with E-state index in [0.717, 1.165) is 103 Å². The Balaban J connectivity index is 3.99. The lowest BCUT2D eigenvalue weighted by Gasteiger charge is -2.17. The fourth-order valence-corrected chi connectivity index (χ4v) is 7.15. The zero-order valence-electron chi connectivity index (χ0n) is 36.5. The summed E-state index contributed by atoms with van der Waals surface area (Å²) < 4.78 is 23.1. The highest BCUT2D eigenvalue weighted by atomic mass is 16.5. The number of aliphatic hydroxyl groups excluding tert-OH is 1. The maximum atomic E-state index is 12.8. The lowest BCUT2D eigenvalue weighted by Crippen LogP contribution is -2.24. The topological polar surface area (TPSA) is 91.3 Å². The molecule has 0 rings (SSSR count). The third-order valence-corrected chi connectivity index (χ3v) is 10.9. The minimum absolute atomic E-state index is 0.0190. The minimum atomic E-state index is -0.294. The van der Waals surface area contributed by atoms with E-state index in [9.17, 15) is 14.7 Å². The summed E-state index contributed by atoms with van der Waals surface area (Å²) in [6, 6.07) is 0. The zero-order valence-corrected chi connectivity index (χ0v) is 36.5. The molecule has 7 nitrogen and oxygen atoms in total. The molecule has 322 valence electrons. The predicted octanol–water partition coefficient (Wildman–Crippen LogP) is 13.3. The number of esters is 2. The molecule has 0 aromatic heterocycles. The molecule has 0 aliphatic carbocycles. The first-order valence-electron chi connectivity index (χ1n) is 23.7. The average Bonchev–Trinajstić information content (AvgIpc) is 3.18. The third kappa shape index (κ3) is 35.2. The highest BCUT2D eigenvalue weighted by molar-refractivity contribution is 5.72. The van der Waals surface area contributed by atoms with Gasteiger partial charge in [0.2, 0.25) is 0 Å². The zero-order chi connectivity index (χ0) is 39.6. The number of rotatable bonds is 44. The Morgan fingerprint density at radius 1 is 0.407 bits per heavy atom. The van der Waals surface area contributed by atoms with Crippen molar-refractivity contribution in [2.75, 3.05) is 39.6 Å². The van der Waals surface area contributed by atoms with Crippen molar-refractivity contribution in [1.29, 1.82) is 0 Å². The first-order valence-corrected chi connectivity index (χ1v) is 23.7. The van der Waals surface area contributed by atoms with E-state index in [1.807, 2.05) is 0 Å². The molecular weight excluding hydrogens is 677 g/mol. The van der Waals surface area contributed by atoms with Crippen LogP contribution in [0.4, 0.5) is 0 Å². The highest BCUT2D eigenvalue weighted by Gasteiger charge is 2.20. The largest absolute Gasteiger partial charge is 0.465 e. The maximum Gasteiger partial charge on any atom is 0.308 e. The van der Waals surface area contributed by atoms with Crippen LogP contribution in [0.5, 0.6) is 0 Å². The molecule has 0 aliphatic rings. The molecule has 0 amide bonds. The maximum absolute atomic E-state index is 12.8. The average molecular weight is 769 g/mol. The van der Waals surface area contributed by atoms with E-state index in [4.69, 9.17) is 18.9 Å². The summed E-state index contributed by atoms with van der Waals surface area (Å²) in [5.74, 6) is 0.181. The van der Waals surface area contributed by atoms with Gasteiger partial charge in [0.25, 0.3) is 0 Å². The van der Waals surface area contributed by atoms with Crippen molar-refractivity contribution in [3.05, 3.63) is 0 Å². The number of ether oxygens (including phenoxy) is 4. The monoisotopic (exact) mass is 769 g/mol. The first kappa shape index (κ1) is 52.8. The molecule has 0 bridgehead atoms. The summed E-state index contributed by atoms with van der Waals surface area (Å²) >= 11 is 0. The Bertz CT molecular complexity index is 775. The Morgan fingerprint density at radius 2 is 0.722 bits per heavy atom. The van der Waals surface area contributed by atoms with Crippen LogP contribution in [0.25, 0.3) is 0 Å². The number of carbonyl (C=O) groups is 2. The standard InChI is InChI=1S/C47H92O7/c1-5-9-13-17-19-27-35-43(33-25-15-11-7-3)46(49)53-39-31-22-21-29-37-51-42-45(41-48)52-38-30-23-24-32-40-54-47(50)44(34-26-16-12-8-4)36-28-20-18-14-10-6-2/h43-45,48H,5-42H2,1-4H3. The van der Waals surface area contributed by atoms with Gasteiger partial charge < -0.3 is 24.1 Å². The van der Waals surface area contributed by atoms with Gasteiger partial charge in [0.15, 0.2) is 0 Å². The van der Waals surface area contributed by atoms with Gasteiger partial charge in [0.05, 0.1) is 38.3 Å². The minimum Gasteiger partial charge on any atom is -0.465 e. The van der Waals surface area contributed by atoms with Crippen LogP contribution in [-0.4, -0.2) is 62.8 Å². The second-order valence-electron chi connectivity index (χ2n) is 16.1. The van der Waals surface area contributed by atoms with Crippen molar-refractivity contribution in [2.45, 2.75) is 239 Å². The quantitative estimate of drug-likeness (QED) is 0.0487. The Labute approximate surface area is 335 Å². The Kier molecular flexibility index (Phi) is 42.0. The predicted molar refractivity (Wildman–Crippen MR) is 227 cm³/mol. The summed E-state index contributed by atoms with van der Waals surface area (Å²) in [6.45, 7) is 11.6. The van der Waals surface area contributed by atoms with Gasteiger partial charge in [-0.15, -0.1) is 0 Å². The normalized spacial score (nSPS) is 13.2. The van der Waals surface area contributed by atoms with Gasteiger partial charge in [-0.2, -0.15) is 0 Å². The molecule has 3 unspecified atom stereocenters. The fraction of sp³-hybridized carbons (Fsp3) is 0.957. The first-order chi connectivity index (χ1) is 26.5. The van der Waals surface area contributed by atoms with Crippen molar-refractivity contribution in [1.82, 2.24) is 0 Å². The molecular formula is C47H92O7. The van der Waals surface area contributed by atoms with E-state index >= 15 is 0 Å². The van der Waals surface area contributed by atoms with E-state index in [2.05, 4.69) is 27.7 Å². The summed E-state index contributed by atoms with van der Waals surface area (Å²) in [4.78, 5) is 25.7. The number of hydrogen-bond acceptors (Lipinski definition) is 7. The molecule has 0 aromatic rings. The third-order valence-electron chi connectivity index (χ3n) is 10.9. The van der Waals surface area contributed by atoms with Crippen LogP contribution >= 0.6 is 0 Å². The van der Waals surface area contributed by atoms with Crippen molar-refractivity contribution >= 4 is 11.9 Å². The van der Waals surface area contributed by atoms with E-state index in [0.29, 0.717) is 33.0 Å². The molecule has 7 heteroatoms. The van der Waals surface area contributed by atoms with Crippen LogP contribution in [0.15, 0.2) is 0 Å². The molecule has 0 aliphatic heterocycles. The van der Waals surface area contributed by atoms with E-state index in [1.54, 1.807) is 0 Å². The molecule has 3 atom stereocenters. The van der Waals surface area contributed by atoms with E-state index < -0.39 is 0 Å². The van der Waals surface area contributed by atoms with Crippen LogP contribution < -0.4 is 0 Å². The SMILES string of the molecule is CCCCCCCCC(CCCCCC)C(=O)OCCCCCCOCC(CO)OCCCCCCOC(=O)C(CCCCCC)CCCCCCCC. The van der Waals surface area contributed by atoms with Crippen LogP contribution in [0.2, 0.25) is 0 Å². The van der Waals surface area contributed by atoms with Gasteiger partial charge >= 0.3 is 11.9 Å². The molecule has 0 aromatic carbocycles. The summed E-state index contributed by atoms with van der Waals surface area (Å²) in [7, 11) is 0. The number of hydrogen-bond donors (Lipinski definition) is 1. The Morgan fingerprint density at radius 3 is 1.11 bits per heavy atom. The molecule has 0 radical (unpaired) electrons. The fourth-order valence-electron chi connectivity index (χ4n) is 7.15. The second-order valence-corrected chi connectivity index (χ2v) is 16.1. The van der Waals surface area contributed by atoms with Crippen LogP contribution in [-0.2, 0) is 28.5 Å². The lowest BCUT2D eigenvalue weighted by molar-refractivity contribution is -0.150. The number of unbranched alkanes of at least 4 members (excludes halogenated alkanes) is 22. The molecule has 0 fully saturated rings. The summed E-state index contributed by atoms with van der Waals surface area (Å²) in [6.07, 6.45) is 36.0. The van der Waals surface area contributed by atoms with Crippen molar-refractivity contribution < 1.29 is 33.6 Å². The van der Waals surface area contributed by atoms with Crippen LogP contribution in [0.3, 0.4) is 0 Å². The van der Waals surface area contributed by atoms with Gasteiger partial charge in [-0.3, -0.25) is 9.59 Å². The lowest BCUT2D eigenvalue weighted by atomic mass is 9.94. The van der Waals surface area contributed by atoms with Crippen molar-refractivity contribution in [3.8, 4) is 0 Å². The molecule has 0 heterocycles. The van der Waals surface area contributed by atoms with Crippen LogP contribution in [0.1, 0.15) is 233 Å².